The van der Waals surface area contributed by atoms with Crippen LogP contribution in [0.2, 0.25) is 0 Å². The van der Waals surface area contributed by atoms with Gasteiger partial charge in [0.05, 0.1) is 25.2 Å². The lowest BCUT2D eigenvalue weighted by Gasteiger charge is -2.27. The average Bonchev–Trinajstić information content (AvgIpc) is 2.74. The van der Waals surface area contributed by atoms with Crippen LogP contribution in [0.4, 0.5) is 0 Å². The van der Waals surface area contributed by atoms with E-state index in [-0.39, 0.29) is 23.2 Å². The Hall–Kier alpha value is -3.04. The summed E-state index contributed by atoms with van der Waals surface area (Å²) in [5.74, 6) is -0.613. The number of nitrogens with zero attached hydrogens (tertiary/aromatic N) is 4. The fourth-order valence-corrected chi connectivity index (χ4v) is 3.69. The van der Waals surface area contributed by atoms with Gasteiger partial charge < -0.3 is 14.0 Å². The van der Waals surface area contributed by atoms with Crippen LogP contribution in [0.15, 0.2) is 29.2 Å². The van der Waals surface area contributed by atoms with Crippen LogP contribution in [0.1, 0.15) is 22.8 Å². The molecule has 9 heteroatoms. The molecule has 0 aromatic carbocycles. The van der Waals surface area contributed by atoms with E-state index in [1.807, 2.05) is 13.0 Å². The van der Waals surface area contributed by atoms with Crippen LogP contribution in [0.25, 0.3) is 16.7 Å². The van der Waals surface area contributed by atoms with Crippen molar-refractivity contribution in [2.75, 3.05) is 39.5 Å². The highest BCUT2D eigenvalue weighted by molar-refractivity contribution is 5.93. The van der Waals surface area contributed by atoms with E-state index in [0.717, 1.165) is 18.7 Å². The maximum atomic E-state index is 13.2. The summed E-state index contributed by atoms with van der Waals surface area (Å²) < 4.78 is 13.6. The van der Waals surface area contributed by atoms with E-state index in [0.29, 0.717) is 43.0 Å². The Morgan fingerprint density at radius 2 is 2.03 bits per heavy atom. The van der Waals surface area contributed by atoms with Crippen LogP contribution in [0.3, 0.4) is 0 Å². The van der Waals surface area contributed by atoms with Crippen molar-refractivity contribution < 1.29 is 14.3 Å². The Balaban J connectivity index is 1.91. The predicted molar refractivity (Wildman–Crippen MR) is 111 cm³/mol. The molecule has 1 aliphatic heterocycles. The number of carbonyl (C=O) groups excluding carboxylic acids is 1. The van der Waals surface area contributed by atoms with Gasteiger partial charge in [-0.25, -0.2) is 9.78 Å². The summed E-state index contributed by atoms with van der Waals surface area (Å²) in [6.07, 6.45) is 1.72. The first-order chi connectivity index (χ1) is 14.5. The van der Waals surface area contributed by atoms with Gasteiger partial charge in [0, 0.05) is 32.4 Å². The number of hydrogen-bond donors (Lipinski definition) is 1. The minimum Gasteiger partial charge on any atom is -0.462 e. The summed E-state index contributed by atoms with van der Waals surface area (Å²) in [6.45, 7) is 7.85. The van der Waals surface area contributed by atoms with E-state index in [9.17, 15) is 9.59 Å². The molecule has 1 fully saturated rings. The molecule has 0 aliphatic carbocycles. The lowest BCUT2D eigenvalue weighted by Crippen LogP contribution is -2.40. The van der Waals surface area contributed by atoms with Crippen molar-refractivity contribution in [2.45, 2.75) is 20.4 Å². The third kappa shape index (κ3) is 3.73. The molecule has 9 nitrogen and oxygen atoms in total. The second-order valence-corrected chi connectivity index (χ2v) is 7.32. The zero-order valence-corrected chi connectivity index (χ0v) is 17.2. The highest BCUT2D eigenvalue weighted by Crippen LogP contribution is 2.12. The largest absolute Gasteiger partial charge is 0.462 e. The normalized spacial score (nSPS) is 15.0. The second kappa shape index (κ2) is 8.37. The molecule has 158 valence electrons. The van der Waals surface area contributed by atoms with E-state index in [1.165, 1.54) is 10.5 Å². The number of hydrogen-bond acceptors (Lipinski definition) is 7. The molecule has 3 aromatic heterocycles. The van der Waals surface area contributed by atoms with E-state index >= 15 is 0 Å². The number of fused-ring (bicyclic) bond motifs is 2. The van der Waals surface area contributed by atoms with Crippen LogP contribution in [-0.2, 0) is 16.0 Å². The first-order valence-corrected chi connectivity index (χ1v) is 10.1. The van der Waals surface area contributed by atoms with Crippen molar-refractivity contribution in [1.82, 2.24) is 18.9 Å². The first-order valence-electron chi connectivity index (χ1n) is 10.1. The lowest BCUT2D eigenvalue weighted by molar-refractivity contribution is 0.0363. The fourth-order valence-electron chi connectivity index (χ4n) is 3.69. The predicted octanol–water partition coefficient (Wildman–Crippen LogP) is 0.946. The van der Waals surface area contributed by atoms with Gasteiger partial charge in [0.15, 0.2) is 0 Å². The average molecular weight is 411 g/mol. The molecular weight excluding hydrogens is 386 g/mol. The molecule has 0 atom stereocenters. The lowest BCUT2D eigenvalue weighted by atomic mass is 10.2. The quantitative estimate of drug-likeness (QED) is 0.495. The SMILES string of the molecule is CCOC(=O)c1cc2c(=O)n3cc(C)ccc3nc2n(CCN2CCOCC2)c1=N. The van der Waals surface area contributed by atoms with Crippen molar-refractivity contribution in [3.63, 3.8) is 0 Å². The number of esters is 1. The van der Waals surface area contributed by atoms with E-state index in [4.69, 9.17) is 14.9 Å². The standard InChI is InChI=1S/C21H25N5O4/c1-3-30-21(28)15-12-16-19(23-17-5-4-14(2)13-26(17)20(16)27)25(18(15)22)7-6-24-8-10-29-11-9-24/h4-5,12-13,22H,3,6-11H2,1-2H3. The number of aromatic nitrogens is 3. The molecule has 1 aliphatic rings. The van der Waals surface area contributed by atoms with Crippen molar-refractivity contribution >= 4 is 22.6 Å². The smallest absolute Gasteiger partial charge is 0.341 e. The highest BCUT2D eigenvalue weighted by Gasteiger charge is 2.19. The third-order valence-electron chi connectivity index (χ3n) is 5.29. The minimum atomic E-state index is -0.613. The van der Waals surface area contributed by atoms with Gasteiger partial charge in [0.25, 0.3) is 5.56 Å². The summed E-state index contributed by atoms with van der Waals surface area (Å²) in [5.41, 5.74) is 1.62. The number of morpholine rings is 1. The Kier molecular flexibility index (Phi) is 5.65. The van der Waals surface area contributed by atoms with Gasteiger partial charge in [0.1, 0.15) is 22.3 Å². The number of nitrogens with one attached hydrogen (secondary N) is 1. The molecule has 4 rings (SSSR count). The molecule has 30 heavy (non-hydrogen) atoms. The number of pyridine rings is 2. The van der Waals surface area contributed by atoms with Crippen LogP contribution in [-0.4, -0.2) is 64.3 Å². The molecule has 1 N–H and O–H groups in total. The monoisotopic (exact) mass is 411 g/mol. The third-order valence-corrected chi connectivity index (χ3v) is 5.29. The molecule has 0 radical (unpaired) electrons. The topological polar surface area (TPSA) is 102 Å². The minimum absolute atomic E-state index is 0.00225. The zero-order valence-electron chi connectivity index (χ0n) is 17.2. The van der Waals surface area contributed by atoms with E-state index < -0.39 is 5.97 Å². The van der Waals surface area contributed by atoms with Gasteiger partial charge in [-0.05, 0) is 31.5 Å². The number of aryl methyl sites for hydroxylation is 1. The highest BCUT2D eigenvalue weighted by atomic mass is 16.5. The van der Waals surface area contributed by atoms with Crippen molar-refractivity contribution in [1.29, 1.82) is 5.41 Å². The molecule has 0 saturated carbocycles. The Morgan fingerprint density at radius 3 is 2.77 bits per heavy atom. The van der Waals surface area contributed by atoms with Crippen molar-refractivity contribution in [3.8, 4) is 0 Å². The van der Waals surface area contributed by atoms with E-state index in [2.05, 4.69) is 9.88 Å². The molecule has 1 saturated heterocycles. The van der Waals surface area contributed by atoms with Crippen LogP contribution in [0.5, 0.6) is 0 Å². The Labute approximate surface area is 173 Å². The molecule has 0 amide bonds. The Bertz CT molecular complexity index is 1220. The van der Waals surface area contributed by atoms with Gasteiger partial charge >= 0.3 is 5.97 Å². The van der Waals surface area contributed by atoms with Crippen molar-refractivity contribution in [3.05, 3.63) is 51.4 Å². The molecule has 4 heterocycles. The number of rotatable bonds is 5. The van der Waals surface area contributed by atoms with E-state index in [1.54, 1.807) is 23.8 Å². The zero-order chi connectivity index (χ0) is 21.3. The summed E-state index contributed by atoms with van der Waals surface area (Å²) in [4.78, 5) is 32.6. The van der Waals surface area contributed by atoms with Crippen LogP contribution in [0, 0.1) is 12.3 Å². The first kappa shape index (κ1) is 20.2. The maximum absolute atomic E-state index is 13.2. The Morgan fingerprint density at radius 1 is 1.27 bits per heavy atom. The van der Waals surface area contributed by atoms with Gasteiger partial charge in [-0.1, -0.05) is 6.07 Å². The summed E-state index contributed by atoms with van der Waals surface area (Å²) >= 11 is 0. The summed E-state index contributed by atoms with van der Waals surface area (Å²) in [7, 11) is 0. The van der Waals surface area contributed by atoms with Gasteiger partial charge in [-0.3, -0.25) is 19.5 Å². The molecule has 0 unspecified atom stereocenters. The molecule has 3 aromatic rings. The molecule has 0 bridgehead atoms. The number of carbonyl (C=O) groups is 1. The second-order valence-electron chi connectivity index (χ2n) is 7.32. The molecular formula is C21H25N5O4. The maximum Gasteiger partial charge on any atom is 0.341 e. The van der Waals surface area contributed by atoms with Crippen LogP contribution < -0.4 is 11.0 Å². The number of ether oxygens (including phenoxy) is 2. The van der Waals surface area contributed by atoms with Gasteiger partial charge in [-0.2, -0.15) is 0 Å². The summed E-state index contributed by atoms with van der Waals surface area (Å²) in [6, 6.07) is 5.11. The summed E-state index contributed by atoms with van der Waals surface area (Å²) in [5, 5.41) is 8.93. The van der Waals surface area contributed by atoms with Gasteiger partial charge in [0.2, 0.25) is 0 Å². The van der Waals surface area contributed by atoms with Crippen molar-refractivity contribution in [2.24, 2.45) is 0 Å². The fraction of sp³-hybridized carbons (Fsp3) is 0.429. The van der Waals surface area contributed by atoms with Crippen LogP contribution >= 0.6 is 0 Å². The molecule has 0 spiro atoms. The van der Waals surface area contributed by atoms with Gasteiger partial charge in [-0.15, -0.1) is 0 Å².